The van der Waals surface area contributed by atoms with Crippen molar-refractivity contribution in [1.29, 1.82) is 5.26 Å². The van der Waals surface area contributed by atoms with Gasteiger partial charge >= 0.3 is 0 Å². The van der Waals surface area contributed by atoms with Gasteiger partial charge in [0.1, 0.15) is 11.8 Å². The minimum atomic E-state index is -0.138. The van der Waals surface area contributed by atoms with E-state index in [1.807, 2.05) is 12.3 Å². The first-order chi connectivity index (χ1) is 15.0. The summed E-state index contributed by atoms with van der Waals surface area (Å²) in [4.78, 5) is 16.5. The van der Waals surface area contributed by atoms with E-state index in [1.54, 1.807) is 74.9 Å². The highest BCUT2D eigenvalue weighted by Gasteiger charge is 2.15. The van der Waals surface area contributed by atoms with Crippen LogP contribution in [0, 0.1) is 11.3 Å². The molecule has 0 radical (unpaired) electrons. The number of benzene rings is 1. The fourth-order valence-corrected chi connectivity index (χ4v) is 3.30. The van der Waals surface area contributed by atoms with Gasteiger partial charge in [0.2, 0.25) is 5.88 Å². The van der Waals surface area contributed by atoms with Crippen molar-refractivity contribution in [2.24, 2.45) is 7.05 Å². The van der Waals surface area contributed by atoms with Crippen LogP contribution in [-0.4, -0.2) is 33.6 Å². The Kier molecular flexibility index (Phi) is 5.24. The summed E-state index contributed by atoms with van der Waals surface area (Å²) in [6, 6.07) is 12.5. The number of hydrogen-bond donors (Lipinski definition) is 0. The number of aryl methyl sites for hydroxylation is 1. The summed E-state index contributed by atoms with van der Waals surface area (Å²) in [5, 5.41) is 13.9. The van der Waals surface area contributed by atoms with E-state index in [4.69, 9.17) is 9.47 Å². The number of nitrogens with zero attached hydrogens (tertiary/aromatic N) is 5. The third-order valence-electron chi connectivity index (χ3n) is 4.95. The third-order valence-corrected chi connectivity index (χ3v) is 4.95. The van der Waals surface area contributed by atoms with Crippen molar-refractivity contribution in [2.45, 2.75) is 0 Å². The van der Waals surface area contributed by atoms with Crippen molar-refractivity contribution < 1.29 is 9.47 Å². The van der Waals surface area contributed by atoms with E-state index < -0.39 is 0 Å². The highest BCUT2D eigenvalue weighted by atomic mass is 16.5. The maximum absolute atomic E-state index is 12.4. The van der Waals surface area contributed by atoms with Gasteiger partial charge in [-0.3, -0.25) is 4.79 Å². The zero-order valence-corrected chi connectivity index (χ0v) is 17.2. The van der Waals surface area contributed by atoms with Crippen molar-refractivity contribution in [3.8, 4) is 45.6 Å². The first-order valence-corrected chi connectivity index (χ1v) is 9.38. The molecule has 0 atom stereocenters. The molecular formula is C23H19N5O3. The van der Waals surface area contributed by atoms with Gasteiger partial charge in [0.25, 0.3) is 5.56 Å². The molecule has 0 unspecified atom stereocenters. The maximum atomic E-state index is 12.4. The lowest BCUT2D eigenvalue weighted by Gasteiger charge is -2.11. The molecule has 4 aromatic rings. The van der Waals surface area contributed by atoms with E-state index in [-0.39, 0.29) is 5.56 Å². The van der Waals surface area contributed by atoms with Crippen LogP contribution in [0.1, 0.15) is 5.56 Å². The molecule has 1 aromatic carbocycles. The van der Waals surface area contributed by atoms with E-state index in [9.17, 15) is 10.1 Å². The highest BCUT2D eigenvalue weighted by Crippen LogP contribution is 2.32. The van der Waals surface area contributed by atoms with E-state index in [1.165, 1.54) is 4.57 Å². The standard InChI is InChI=1S/C23H19N5O3/c1-27-14-20(19(10-23(27)29)15-6-7-25-22(8-15)31-3)17-12-26-28(13-17)21-9-18(30-2)5-4-16(21)11-24/h4-10,12-14H,1-3H3. The van der Waals surface area contributed by atoms with Gasteiger partial charge in [0, 0.05) is 55.0 Å². The SMILES string of the molecule is COc1ccc(C#N)c(-n2cc(-c3cn(C)c(=O)cc3-c3ccnc(OC)c3)cn2)c1. The smallest absolute Gasteiger partial charge is 0.250 e. The first-order valence-electron chi connectivity index (χ1n) is 9.38. The molecule has 31 heavy (non-hydrogen) atoms. The fraction of sp³-hybridized carbons (Fsp3) is 0.130. The Bertz CT molecular complexity index is 1360. The van der Waals surface area contributed by atoms with Crippen LogP contribution in [0.3, 0.4) is 0 Å². The maximum Gasteiger partial charge on any atom is 0.250 e. The zero-order chi connectivity index (χ0) is 22.0. The summed E-state index contributed by atoms with van der Waals surface area (Å²) in [5.74, 6) is 1.08. The second kappa shape index (κ2) is 8.16. The van der Waals surface area contributed by atoms with Crippen LogP contribution in [0.2, 0.25) is 0 Å². The van der Waals surface area contributed by atoms with Crippen molar-refractivity contribution >= 4 is 0 Å². The fourth-order valence-electron chi connectivity index (χ4n) is 3.30. The molecule has 4 rings (SSSR count). The molecule has 8 nitrogen and oxygen atoms in total. The van der Waals surface area contributed by atoms with E-state index in [0.29, 0.717) is 22.9 Å². The molecule has 0 saturated heterocycles. The second-order valence-corrected chi connectivity index (χ2v) is 6.81. The first kappa shape index (κ1) is 19.9. The minimum Gasteiger partial charge on any atom is -0.497 e. The summed E-state index contributed by atoms with van der Waals surface area (Å²) in [5.41, 5.74) is 4.05. The van der Waals surface area contributed by atoms with Gasteiger partial charge in [-0.15, -0.1) is 0 Å². The summed E-state index contributed by atoms with van der Waals surface area (Å²) >= 11 is 0. The summed E-state index contributed by atoms with van der Waals surface area (Å²) in [7, 11) is 4.81. The van der Waals surface area contributed by atoms with Crippen LogP contribution in [-0.2, 0) is 7.05 Å². The van der Waals surface area contributed by atoms with Crippen LogP contribution in [0.15, 0.2) is 66.0 Å². The van der Waals surface area contributed by atoms with Gasteiger partial charge in [0.15, 0.2) is 0 Å². The quantitative estimate of drug-likeness (QED) is 0.499. The van der Waals surface area contributed by atoms with Crippen LogP contribution < -0.4 is 15.0 Å². The number of rotatable bonds is 5. The molecule has 0 aliphatic carbocycles. The molecule has 0 aliphatic rings. The Labute approximate surface area is 178 Å². The molecule has 3 aromatic heterocycles. The Morgan fingerprint density at radius 2 is 1.84 bits per heavy atom. The lowest BCUT2D eigenvalue weighted by Crippen LogP contribution is -2.15. The molecular weight excluding hydrogens is 394 g/mol. The summed E-state index contributed by atoms with van der Waals surface area (Å²) in [6.07, 6.45) is 6.91. The summed E-state index contributed by atoms with van der Waals surface area (Å²) in [6.45, 7) is 0. The lowest BCUT2D eigenvalue weighted by molar-refractivity contribution is 0.398. The van der Waals surface area contributed by atoms with Gasteiger partial charge in [0.05, 0.1) is 31.7 Å². The van der Waals surface area contributed by atoms with Crippen LogP contribution in [0.4, 0.5) is 0 Å². The second-order valence-electron chi connectivity index (χ2n) is 6.81. The third kappa shape index (κ3) is 3.76. The van der Waals surface area contributed by atoms with Gasteiger partial charge in [-0.1, -0.05) is 0 Å². The van der Waals surface area contributed by atoms with E-state index >= 15 is 0 Å². The lowest BCUT2D eigenvalue weighted by atomic mass is 9.99. The molecule has 0 amide bonds. The molecule has 3 heterocycles. The average molecular weight is 413 g/mol. The monoisotopic (exact) mass is 413 g/mol. The highest BCUT2D eigenvalue weighted by molar-refractivity contribution is 5.82. The van der Waals surface area contributed by atoms with Crippen LogP contribution >= 0.6 is 0 Å². The average Bonchev–Trinajstić information content (AvgIpc) is 3.30. The number of methoxy groups -OCH3 is 2. The van der Waals surface area contributed by atoms with Crippen molar-refractivity contribution in [3.63, 3.8) is 0 Å². The molecule has 0 bridgehead atoms. The predicted octanol–water partition coefficient (Wildman–Crippen LogP) is 3.19. The number of hydrogen-bond acceptors (Lipinski definition) is 6. The Balaban J connectivity index is 1.87. The van der Waals surface area contributed by atoms with Gasteiger partial charge in [-0.05, 0) is 29.3 Å². The number of ether oxygens (including phenoxy) is 2. The number of pyridine rings is 2. The van der Waals surface area contributed by atoms with Crippen LogP contribution in [0.5, 0.6) is 11.6 Å². The largest absolute Gasteiger partial charge is 0.497 e. The molecule has 154 valence electrons. The molecule has 0 saturated carbocycles. The summed E-state index contributed by atoms with van der Waals surface area (Å²) < 4.78 is 13.7. The Morgan fingerprint density at radius 1 is 1.00 bits per heavy atom. The van der Waals surface area contributed by atoms with E-state index in [2.05, 4.69) is 16.2 Å². The van der Waals surface area contributed by atoms with E-state index in [0.717, 1.165) is 22.3 Å². The minimum absolute atomic E-state index is 0.138. The Morgan fingerprint density at radius 3 is 2.58 bits per heavy atom. The number of nitriles is 1. The van der Waals surface area contributed by atoms with Gasteiger partial charge in [-0.2, -0.15) is 10.4 Å². The topological polar surface area (TPSA) is 95.0 Å². The number of aromatic nitrogens is 4. The van der Waals surface area contributed by atoms with Crippen LogP contribution in [0.25, 0.3) is 27.9 Å². The van der Waals surface area contributed by atoms with Crippen molar-refractivity contribution in [1.82, 2.24) is 19.3 Å². The van der Waals surface area contributed by atoms with Crippen molar-refractivity contribution in [2.75, 3.05) is 14.2 Å². The predicted molar refractivity (Wildman–Crippen MR) is 115 cm³/mol. The van der Waals surface area contributed by atoms with Gasteiger partial charge < -0.3 is 14.0 Å². The Hall–Kier alpha value is -4.38. The molecule has 8 heteroatoms. The van der Waals surface area contributed by atoms with Crippen molar-refractivity contribution in [3.05, 3.63) is 77.1 Å². The van der Waals surface area contributed by atoms with Gasteiger partial charge in [-0.25, -0.2) is 9.67 Å². The zero-order valence-electron chi connectivity index (χ0n) is 17.2. The molecule has 0 fully saturated rings. The molecule has 0 aliphatic heterocycles. The molecule has 0 spiro atoms. The normalized spacial score (nSPS) is 10.5. The molecule has 0 N–H and O–H groups in total.